The first-order chi connectivity index (χ1) is 9.49. The normalized spacial score (nSPS) is 9.90. The van der Waals surface area contributed by atoms with Gasteiger partial charge in [-0.2, -0.15) is 4.57 Å². The van der Waals surface area contributed by atoms with Gasteiger partial charge in [0.25, 0.3) is 5.91 Å². The SMILES string of the molecule is Cc1cccc(C)c1NC(=O)C[n+]1c(C)cccc1C.[Br-]. The Morgan fingerprint density at radius 3 is 1.95 bits per heavy atom. The molecule has 1 amide bonds. The Morgan fingerprint density at radius 2 is 1.43 bits per heavy atom. The van der Waals surface area contributed by atoms with Crippen molar-refractivity contribution in [2.24, 2.45) is 0 Å². The Hall–Kier alpha value is -1.68. The van der Waals surface area contributed by atoms with Crippen molar-refractivity contribution < 1.29 is 26.3 Å². The zero-order valence-corrected chi connectivity index (χ0v) is 14.5. The van der Waals surface area contributed by atoms with Crippen molar-refractivity contribution in [2.75, 3.05) is 5.32 Å². The first-order valence-electron chi connectivity index (χ1n) is 6.81. The summed E-state index contributed by atoms with van der Waals surface area (Å²) in [7, 11) is 0. The predicted octanol–water partition coefficient (Wildman–Crippen LogP) is -0.150. The van der Waals surface area contributed by atoms with Crippen LogP contribution in [-0.2, 0) is 11.3 Å². The molecule has 0 saturated heterocycles. The number of anilines is 1. The van der Waals surface area contributed by atoms with Crippen LogP contribution >= 0.6 is 0 Å². The van der Waals surface area contributed by atoms with Crippen LogP contribution in [-0.4, -0.2) is 5.91 Å². The Bertz CT molecular complexity index is 557. The summed E-state index contributed by atoms with van der Waals surface area (Å²) in [5.41, 5.74) is 5.27. The summed E-state index contributed by atoms with van der Waals surface area (Å²) in [4.78, 5) is 12.3. The molecular formula is C17H21BrN2O. The third-order valence-electron chi connectivity index (χ3n) is 3.57. The summed E-state index contributed by atoms with van der Waals surface area (Å²) < 4.78 is 2.02. The minimum absolute atomic E-state index is 0. The number of nitrogens with zero attached hydrogens (tertiary/aromatic N) is 1. The first-order valence-corrected chi connectivity index (χ1v) is 6.81. The number of carbonyl (C=O) groups excluding carboxylic acids is 1. The molecule has 0 fully saturated rings. The lowest BCUT2D eigenvalue weighted by atomic mass is 10.1. The third-order valence-corrected chi connectivity index (χ3v) is 3.57. The van der Waals surface area contributed by atoms with E-state index in [1.54, 1.807) is 0 Å². The summed E-state index contributed by atoms with van der Waals surface area (Å²) >= 11 is 0. The fourth-order valence-electron chi connectivity index (χ4n) is 2.37. The number of hydrogen-bond acceptors (Lipinski definition) is 1. The molecule has 2 rings (SSSR count). The van der Waals surface area contributed by atoms with Crippen molar-refractivity contribution >= 4 is 11.6 Å². The number of carbonyl (C=O) groups is 1. The molecule has 112 valence electrons. The summed E-state index contributed by atoms with van der Waals surface area (Å²) in [5, 5.41) is 3.02. The summed E-state index contributed by atoms with van der Waals surface area (Å²) in [5.74, 6) is 0.00444. The summed E-state index contributed by atoms with van der Waals surface area (Å²) in [6.07, 6.45) is 0. The van der Waals surface area contributed by atoms with Gasteiger partial charge in [0.15, 0.2) is 11.4 Å². The number of hydrogen-bond donors (Lipinski definition) is 1. The van der Waals surface area contributed by atoms with E-state index in [-0.39, 0.29) is 22.9 Å². The van der Waals surface area contributed by atoms with Crippen LogP contribution < -0.4 is 26.9 Å². The van der Waals surface area contributed by atoms with Crippen LogP contribution in [0.3, 0.4) is 0 Å². The van der Waals surface area contributed by atoms with Crippen LogP contribution in [0.15, 0.2) is 36.4 Å². The highest BCUT2D eigenvalue weighted by Crippen LogP contribution is 2.19. The van der Waals surface area contributed by atoms with E-state index in [1.807, 2.05) is 68.7 Å². The van der Waals surface area contributed by atoms with Crippen LogP contribution in [0.2, 0.25) is 0 Å². The van der Waals surface area contributed by atoms with Crippen molar-refractivity contribution in [3.05, 3.63) is 58.9 Å². The molecule has 0 spiro atoms. The van der Waals surface area contributed by atoms with Gasteiger partial charge in [-0.25, -0.2) is 0 Å². The van der Waals surface area contributed by atoms with Gasteiger partial charge >= 0.3 is 0 Å². The lowest BCUT2D eigenvalue weighted by Crippen LogP contribution is -3.00. The molecule has 0 aliphatic rings. The maximum Gasteiger partial charge on any atom is 0.290 e. The average Bonchev–Trinajstić information content (AvgIpc) is 2.39. The fourth-order valence-corrected chi connectivity index (χ4v) is 2.37. The van der Waals surface area contributed by atoms with Crippen molar-refractivity contribution in [1.82, 2.24) is 0 Å². The summed E-state index contributed by atoms with van der Waals surface area (Å²) in [6, 6.07) is 12.0. The molecule has 1 aromatic heterocycles. The number of nitrogens with one attached hydrogen (secondary N) is 1. The zero-order valence-electron chi connectivity index (χ0n) is 12.9. The van der Waals surface area contributed by atoms with Gasteiger partial charge in [0.2, 0.25) is 6.54 Å². The highest BCUT2D eigenvalue weighted by atomic mass is 79.9. The van der Waals surface area contributed by atoms with Gasteiger partial charge in [0, 0.05) is 31.7 Å². The lowest BCUT2D eigenvalue weighted by molar-refractivity contribution is -0.696. The second-order valence-corrected chi connectivity index (χ2v) is 5.21. The Kier molecular flexibility index (Phi) is 6.09. The number of halogens is 1. The van der Waals surface area contributed by atoms with E-state index in [2.05, 4.69) is 5.32 Å². The molecule has 0 radical (unpaired) electrons. The van der Waals surface area contributed by atoms with E-state index in [4.69, 9.17) is 0 Å². The van der Waals surface area contributed by atoms with Gasteiger partial charge < -0.3 is 22.3 Å². The van der Waals surface area contributed by atoms with E-state index < -0.39 is 0 Å². The highest BCUT2D eigenvalue weighted by molar-refractivity contribution is 5.91. The van der Waals surface area contributed by atoms with E-state index >= 15 is 0 Å². The lowest BCUT2D eigenvalue weighted by Gasteiger charge is -2.11. The number of para-hydroxylation sites is 1. The molecule has 0 bridgehead atoms. The molecule has 0 saturated carbocycles. The predicted molar refractivity (Wildman–Crippen MR) is 80.7 cm³/mol. The Morgan fingerprint density at radius 1 is 0.952 bits per heavy atom. The van der Waals surface area contributed by atoms with E-state index in [1.165, 1.54) is 0 Å². The van der Waals surface area contributed by atoms with E-state index in [0.717, 1.165) is 28.2 Å². The fraction of sp³-hybridized carbons (Fsp3) is 0.294. The van der Waals surface area contributed by atoms with Crippen molar-refractivity contribution in [3.8, 4) is 0 Å². The van der Waals surface area contributed by atoms with Crippen LogP contribution in [0.4, 0.5) is 5.69 Å². The molecule has 2 aromatic rings. The van der Waals surface area contributed by atoms with Crippen LogP contribution in [0.25, 0.3) is 0 Å². The monoisotopic (exact) mass is 348 g/mol. The molecule has 3 nitrogen and oxygen atoms in total. The average molecular weight is 349 g/mol. The molecule has 1 heterocycles. The van der Waals surface area contributed by atoms with Gasteiger partial charge in [-0.15, -0.1) is 0 Å². The van der Waals surface area contributed by atoms with Gasteiger partial charge in [-0.3, -0.25) is 4.79 Å². The van der Waals surface area contributed by atoms with E-state index in [0.29, 0.717) is 6.54 Å². The van der Waals surface area contributed by atoms with Crippen molar-refractivity contribution in [2.45, 2.75) is 34.2 Å². The molecule has 0 aliphatic carbocycles. The molecule has 0 atom stereocenters. The minimum atomic E-state index is 0. The molecule has 21 heavy (non-hydrogen) atoms. The van der Waals surface area contributed by atoms with Crippen LogP contribution in [0.5, 0.6) is 0 Å². The second kappa shape index (κ2) is 7.36. The Labute approximate surface area is 136 Å². The maximum absolute atomic E-state index is 12.3. The summed E-state index contributed by atoms with van der Waals surface area (Å²) in [6.45, 7) is 8.38. The number of rotatable bonds is 3. The Balaban J connectivity index is 0.00000220. The molecule has 0 aliphatic heterocycles. The maximum atomic E-state index is 12.3. The molecular weight excluding hydrogens is 328 g/mol. The minimum Gasteiger partial charge on any atom is -1.00 e. The van der Waals surface area contributed by atoms with Gasteiger partial charge in [-0.05, 0) is 31.0 Å². The smallest absolute Gasteiger partial charge is 0.290 e. The first kappa shape index (κ1) is 17.4. The number of aryl methyl sites for hydroxylation is 4. The largest absolute Gasteiger partial charge is 1.00 e. The number of aromatic nitrogens is 1. The standard InChI is InChI=1S/C17H20N2O.BrH/c1-12-7-5-8-13(2)17(12)18-16(20)11-19-14(3)9-6-10-15(19)4;/h5-10H,11H2,1-4H3;1H. The quantitative estimate of drug-likeness (QED) is 0.769. The van der Waals surface area contributed by atoms with Crippen LogP contribution in [0, 0.1) is 27.7 Å². The van der Waals surface area contributed by atoms with Gasteiger partial charge in [0.1, 0.15) is 0 Å². The molecule has 1 aromatic carbocycles. The highest BCUT2D eigenvalue weighted by Gasteiger charge is 2.16. The molecule has 4 heteroatoms. The zero-order chi connectivity index (χ0) is 14.7. The van der Waals surface area contributed by atoms with Gasteiger partial charge in [-0.1, -0.05) is 18.2 Å². The van der Waals surface area contributed by atoms with E-state index in [9.17, 15) is 4.79 Å². The topological polar surface area (TPSA) is 33.0 Å². The van der Waals surface area contributed by atoms with Gasteiger partial charge in [0.05, 0.1) is 0 Å². The number of benzene rings is 1. The van der Waals surface area contributed by atoms with Crippen LogP contribution in [0.1, 0.15) is 22.5 Å². The van der Waals surface area contributed by atoms with Crippen molar-refractivity contribution in [3.63, 3.8) is 0 Å². The number of pyridine rings is 1. The third kappa shape index (κ3) is 4.14. The van der Waals surface area contributed by atoms with Crippen molar-refractivity contribution in [1.29, 1.82) is 0 Å². The molecule has 0 unspecified atom stereocenters. The number of amides is 1. The molecule has 1 N–H and O–H groups in total. The second-order valence-electron chi connectivity index (χ2n) is 5.21.